The topological polar surface area (TPSA) is 55.5 Å². The van der Waals surface area contributed by atoms with Crippen LogP contribution in [0, 0.1) is 0 Å². The Bertz CT molecular complexity index is 291. The van der Waals surface area contributed by atoms with Crippen LogP contribution in [0.1, 0.15) is 11.7 Å². The summed E-state index contributed by atoms with van der Waals surface area (Å²) in [4.78, 5) is 0. The molecule has 0 aliphatic carbocycles. The van der Waals surface area contributed by atoms with E-state index in [-0.39, 0.29) is 17.9 Å². The van der Waals surface area contributed by atoms with E-state index in [2.05, 4.69) is 0 Å². The largest absolute Gasteiger partial charge is 0.507 e. The molecule has 1 aromatic carbocycles. The van der Waals surface area contributed by atoms with Crippen LogP contribution in [-0.4, -0.2) is 18.8 Å². The Morgan fingerprint density at radius 3 is 2.77 bits per heavy atom. The van der Waals surface area contributed by atoms with Crippen molar-refractivity contribution in [1.29, 1.82) is 0 Å². The number of hydrogen-bond acceptors (Lipinski definition) is 3. The van der Waals surface area contributed by atoms with Crippen molar-refractivity contribution >= 4 is 0 Å². The van der Waals surface area contributed by atoms with Crippen LogP contribution in [0.25, 0.3) is 0 Å². The SMILES string of the molecule is COc1ccc(C(F)CN)c(O)c1. The van der Waals surface area contributed by atoms with Gasteiger partial charge in [-0.15, -0.1) is 0 Å². The number of alkyl halides is 1. The molecular formula is C9H12FNO2. The minimum atomic E-state index is -1.33. The molecule has 4 heteroatoms. The van der Waals surface area contributed by atoms with Gasteiger partial charge in [0.15, 0.2) is 0 Å². The fourth-order valence-corrected chi connectivity index (χ4v) is 1.04. The number of benzene rings is 1. The van der Waals surface area contributed by atoms with Crippen molar-refractivity contribution in [1.82, 2.24) is 0 Å². The minimum absolute atomic E-state index is 0.127. The molecule has 13 heavy (non-hydrogen) atoms. The van der Waals surface area contributed by atoms with Gasteiger partial charge in [0.2, 0.25) is 0 Å². The Labute approximate surface area is 75.9 Å². The van der Waals surface area contributed by atoms with Crippen LogP contribution < -0.4 is 10.5 Å². The number of phenols is 1. The minimum Gasteiger partial charge on any atom is -0.507 e. The van der Waals surface area contributed by atoms with Gasteiger partial charge in [-0.3, -0.25) is 0 Å². The summed E-state index contributed by atoms with van der Waals surface area (Å²) >= 11 is 0. The average molecular weight is 185 g/mol. The van der Waals surface area contributed by atoms with Gasteiger partial charge in [0.1, 0.15) is 17.7 Å². The number of hydrogen-bond donors (Lipinski definition) is 2. The van der Waals surface area contributed by atoms with Gasteiger partial charge in [-0.1, -0.05) is 0 Å². The first-order chi connectivity index (χ1) is 6.19. The molecule has 0 radical (unpaired) electrons. The molecule has 0 amide bonds. The van der Waals surface area contributed by atoms with E-state index in [1.54, 1.807) is 6.07 Å². The molecule has 0 aromatic heterocycles. The third-order valence-corrected chi connectivity index (χ3v) is 1.78. The summed E-state index contributed by atoms with van der Waals surface area (Å²) in [6, 6.07) is 4.40. The lowest BCUT2D eigenvalue weighted by atomic mass is 10.1. The number of rotatable bonds is 3. The van der Waals surface area contributed by atoms with Crippen LogP contribution in [0.4, 0.5) is 4.39 Å². The molecule has 0 saturated heterocycles. The van der Waals surface area contributed by atoms with Gasteiger partial charge in [-0.25, -0.2) is 4.39 Å². The van der Waals surface area contributed by atoms with Crippen molar-refractivity contribution in [2.75, 3.05) is 13.7 Å². The zero-order chi connectivity index (χ0) is 9.84. The molecule has 0 aliphatic heterocycles. The fourth-order valence-electron chi connectivity index (χ4n) is 1.04. The highest BCUT2D eigenvalue weighted by atomic mass is 19.1. The van der Waals surface area contributed by atoms with Crippen molar-refractivity contribution in [2.45, 2.75) is 6.17 Å². The standard InChI is InChI=1S/C9H12FNO2/c1-13-6-2-3-7(8(10)5-11)9(12)4-6/h2-4,8,12H,5,11H2,1H3. The molecule has 0 bridgehead atoms. The lowest BCUT2D eigenvalue weighted by Crippen LogP contribution is -2.07. The predicted molar refractivity (Wildman–Crippen MR) is 47.6 cm³/mol. The quantitative estimate of drug-likeness (QED) is 0.747. The molecule has 1 atom stereocenters. The summed E-state index contributed by atoms with van der Waals surface area (Å²) in [6.45, 7) is -0.139. The van der Waals surface area contributed by atoms with Gasteiger partial charge in [-0.05, 0) is 12.1 Å². The maximum Gasteiger partial charge on any atom is 0.141 e. The average Bonchev–Trinajstić information content (AvgIpc) is 2.16. The number of methoxy groups -OCH3 is 1. The van der Waals surface area contributed by atoms with Crippen molar-refractivity contribution in [3.05, 3.63) is 23.8 Å². The Morgan fingerprint density at radius 2 is 2.31 bits per heavy atom. The monoisotopic (exact) mass is 185 g/mol. The molecule has 0 aliphatic rings. The molecule has 72 valence electrons. The number of ether oxygens (including phenoxy) is 1. The second-order valence-corrected chi connectivity index (χ2v) is 2.63. The van der Waals surface area contributed by atoms with Crippen LogP contribution in [0.2, 0.25) is 0 Å². The fraction of sp³-hybridized carbons (Fsp3) is 0.333. The van der Waals surface area contributed by atoms with Gasteiger partial charge >= 0.3 is 0 Å². The summed E-state index contributed by atoms with van der Waals surface area (Å²) in [7, 11) is 1.48. The smallest absolute Gasteiger partial charge is 0.141 e. The molecule has 0 spiro atoms. The number of nitrogens with two attached hydrogens (primary N) is 1. The van der Waals surface area contributed by atoms with Crippen LogP contribution in [0.15, 0.2) is 18.2 Å². The van der Waals surface area contributed by atoms with E-state index in [0.717, 1.165) is 0 Å². The second kappa shape index (κ2) is 4.09. The van der Waals surface area contributed by atoms with Gasteiger partial charge in [0.05, 0.1) is 7.11 Å². The van der Waals surface area contributed by atoms with Crippen molar-refractivity contribution in [2.24, 2.45) is 5.73 Å². The molecule has 0 fully saturated rings. The molecule has 0 heterocycles. The molecular weight excluding hydrogens is 173 g/mol. The van der Waals surface area contributed by atoms with Crippen molar-refractivity contribution in [3.8, 4) is 11.5 Å². The van der Waals surface area contributed by atoms with Crippen LogP contribution in [0.3, 0.4) is 0 Å². The van der Waals surface area contributed by atoms with E-state index >= 15 is 0 Å². The summed E-state index contributed by atoms with van der Waals surface area (Å²) in [5.74, 6) is 0.364. The zero-order valence-corrected chi connectivity index (χ0v) is 7.33. The third-order valence-electron chi connectivity index (χ3n) is 1.78. The summed E-state index contributed by atoms with van der Waals surface area (Å²) in [5, 5.41) is 9.35. The lowest BCUT2D eigenvalue weighted by Gasteiger charge is -2.09. The first-order valence-corrected chi connectivity index (χ1v) is 3.90. The van der Waals surface area contributed by atoms with Crippen molar-refractivity contribution < 1.29 is 14.2 Å². The van der Waals surface area contributed by atoms with E-state index in [9.17, 15) is 9.50 Å². The van der Waals surface area contributed by atoms with Crippen LogP contribution in [-0.2, 0) is 0 Å². The van der Waals surface area contributed by atoms with Gasteiger partial charge in [0, 0.05) is 18.2 Å². The molecule has 1 aromatic rings. The number of aromatic hydroxyl groups is 1. The molecule has 3 nitrogen and oxygen atoms in total. The van der Waals surface area contributed by atoms with E-state index in [0.29, 0.717) is 5.75 Å². The Balaban J connectivity index is 2.98. The first-order valence-electron chi connectivity index (χ1n) is 3.90. The number of halogens is 1. The Morgan fingerprint density at radius 1 is 1.62 bits per heavy atom. The van der Waals surface area contributed by atoms with Gasteiger partial charge in [0.25, 0.3) is 0 Å². The molecule has 1 rings (SSSR count). The maximum atomic E-state index is 13.0. The maximum absolute atomic E-state index is 13.0. The van der Waals surface area contributed by atoms with Gasteiger partial charge in [-0.2, -0.15) is 0 Å². The highest BCUT2D eigenvalue weighted by Gasteiger charge is 2.12. The van der Waals surface area contributed by atoms with E-state index in [1.807, 2.05) is 0 Å². The summed E-state index contributed by atoms with van der Waals surface area (Å²) in [5.41, 5.74) is 5.32. The van der Waals surface area contributed by atoms with Crippen LogP contribution in [0.5, 0.6) is 11.5 Å². The Hall–Kier alpha value is -1.29. The van der Waals surface area contributed by atoms with E-state index in [1.165, 1.54) is 19.2 Å². The van der Waals surface area contributed by atoms with Crippen LogP contribution >= 0.6 is 0 Å². The molecule has 3 N–H and O–H groups in total. The van der Waals surface area contributed by atoms with Crippen molar-refractivity contribution in [3.63, 3.8) is 0 Å². The zero-order valence-electron chi connectivity index (χ0n) is 7.33. The second-order valence-electron chi connectivity index (χ2n) is 2.63. The molecule has 1 unspecified atom stereocenters. The normalized spacial score (nSPS) is 12.5. The Kier molecular flexibility index (Phi) is 3.08. The lowest BCUT2D eigenvalue weighted by molar-refractivity contribution is 0.336. The highest BCUT2D eigenvalue weighted by Crippen LogP contribution is 2.29. The highest BCUT2D eigenvalue weighted by molar-refractivity contribution is 5.40. The summed E-state index contributed by atoms with van der Waals surface area (Å²) < 4.78 is 17.9. The first kappa shape index (κ1) is 9.80. The predicted octanol–water partition coefficient (Wildman–Crippen LogP) is 1.37. The molecule has 0 saturated carbocycles. The summed E-state index contributed by atoms with van der Waals surface area (Å²) in [6.07, 6.45) is -1.33. The van der Waals surface area contributed by atoms with E-state index in [4.69, 9.17) is 10.5 Å². The van der Waals surface area contributed by atoms with E-state index < -0.39 is 6.17 Å². The number of phenolic OH excluding ortho intramolecular Hbond substituents is 1. The van der Waals surface area contributed by atoms with Gasteiger partial charge < -0.3 is 15.6 Å². The third kappa shape index (κ3) is 2.09.